The van der Waals surface area contributed by atoms with Crippen molar-refractivity contribution in [3.63, 3.8) is 0 Å². The number of ether oxygens (including phenoxy) is 2. The Morgan fingerprint density at radius 2 is 1.33 bits per heavy atom. The van der Waals surface area contributed by atoms with Crippen molar-refractivity contribution in [1.82, 2.24) is 0 Å². The van der Waals surface area contributed by atoms with Crippen molar-refractivity contribution in [3.8, 4) is 11.5 Å². The monoisotopic (exact) mass is 420 g/mol. The lowest BCUT2D eigenvalue weighted by molar-refractivity contribution is -0.00135. The first-order valence-electron chi connectivity index (χ1n) is 8.43. The van der Waals surface area contributed by atoms with E-state index in [0.717, 1.165) is 5.56 Å². The first-order valence-corrected chi connectivity index (χ1v) is 10.2. The fourth-order valence-corrected chi connectivity index (χ4v) is 3.54. The number of para-hydroxylation sites is 2. The molecule has 3 aromatic rings. The molecular formula is C21H19Cl2O3P. The lowest BCUT2D eigenvalue weighted by Crippen LogP contribution is -2.25. The van der Waals surface area contributed by atoms with Crippen molar-refractivity contribution in [3.05, 3.63) is 94.5 Å². The van der Waals surface area contributed by atoms with Crippen molar-refractivity contribution in [2.75, 3.05) is 0 Å². The smallest absolute Gasteiger partial charge is 0.242 e. The Kier molecular flexibility index (Phi) is 7.37. The van der Waals surface area contributed by atoms with E-state index in [1.54, 1.807) is 12.1 Å². The number of hydrogen-bond acceptors (Lipinski definition) is 3. The third-order valence-electron chi connectivity index (χ3n) is 3.95. The molecule has 0 spiro atoms. The summed E-state index contributed by atoms with van der Waals surface area (Å²) in [5.74, 6) is 1.40. The molecule has 3 aromatic carbocycles. The molecule has 3 rings (SSSR count). The van der Waals surface area contributed by atoms with Gasteiger partial charge in [-0.25, -0.2) is 0 Å². The van der Waals surface area contributed by atoms with E-state index in [-0.39, 0.29) is 14.5 Å². The van der Waals surface area contributed by atoms with Crippen molar-refractivity contribution < 1.29 is 14.4 Å². The summed E-state index contributed by atoms with van der Waals surface area (Å²) in [5.41, 5.74) is 0.709. The van der Waals surface area contributed by atoms with E-state index in [1.165, 1.54) is 0 Å². The molecule has 0 bridgehead atoms. The van der Waals surface area contributed by atoms with E-state index < -0.39 is 6.29 Å². The lowest BCUT2D eigenvalue weighted by atomic mass is 10.1. The molecule has 0 radical (unpaired) electrons. The van der Waals surface area contributed by atoms with Crippen LogP contribution in [0.5, 0.6) is 11.5 Å². The van der Waals surface area contributed by atoms with Crippen LogP contribution in [0.1, 0.15) is 17.6 Å². The van der Waals surface area contributed by atoms with Gasteiger partial charge < -0.3 is 14.4 Å². The van der Waals surface area contributed by atoms with Gasteiger partial charge in [-0.15, -0.1) is 0 Å². The van der Waals surface area contributed by atoms with Gasteiger partial charge in [-0.3, -0.25) is 0 Å². The minimum atomic E-state index is -0.575. The summed E-state index contributed by atoms with van der Waals surface area (Å²) in [6, 6.07) is 24.3. The van der Waals surface area contributed by atoms with Gasteiger partial charge in [-0.05, 0) is 42.0 Å². The number of hydrogen-bond donors (Lipinski definition) is 1. The molecule has 0 heterocycles. The highest BCUT2D eigenvalue weighted by Gasteiger charge is 2.22. The molecule has 6 heteroatoms. The molecule has 0 aliphatic carbocycles. The molecule has 0 saturated heterocycles. The third kappa shape index (κ3) is 5.85. The Morgan fingerprint density at radius 1 is 0.778 bits per heavy atom. The first-order chi connectivity index (χ1) is 13.2. The number of halogens is 2. The summed E-state index contributed by atoms with van der Waals surface area (Å²) in [7, 11) is -0.328. The Bertz CT molecular complexity index is 805. The average Bonchev–Trinajstić information content (AvgIpc) is 2.70. The minimum absolute atomic E-state index is 0.183. The van der Waals surface area contributed by atoms with Gasteiger partial charge in [-0.1, -0.05) is 65.7 Å². The molecule has 0 amide bonds. The van der Waals surface area contributed by atoms with Crippen molar-refractivity contribution >= 4 is 32.0 Å². The van der Waals surface area contributed by atoms with Gasteiger partial charge >= 0.3 is 0 Å². The molecule has 0 aromatic heterocycles. The van der Waals surface area contributed by atoms with Crippen LogP contribution >= 0.6 is 32.0 Å². The zero-order valence-corrected chi connectivity index (χ0v) is 16.9. The maximum absolute atomic E-state index is 9.96. The molecule has 0 fully saturated rings. The maximum Gasteiger partial charge on any atom is 0.242 e. The molecule has 0 saturated carbocycles. The minimum Gasteiger partial charge on any atom is -0.455 e. The summed E-state index contributed by atoms with van der Waals surface area (Å²) in [4.78, 5) is 9.96. The third-order valence-corrected chi connectivity index (χ3v) is 5.57. The molecule has 3 nitrogen and oxygen atoms in total. The van der Waals surface area contributed by atoms with E-state index in [0.29, 0.717) is 28.0 Å². The van der Waals surface area contributed by atoms with E-state index in [9.17, 15) is 4.89 Å². The van der Waals surface area contributed by atoms with E-state index in [1.807, 2.05) is 66.7 Å². The molecule has 2 atom stereocenters. The SMILES string of the molecule is OPC(CC(Oc1ccccc1)Oc1ccccc1)c1ccc(Cl)c(Cl)c1. The molecule has 0 aliphatic heterocycles. The normalized spacial score (nSPS) is 12.4. The van der Waals surface area contributed by atoms with Gasteiger partial charge in [0.25, 0.3) is 0 Å². The fourth-order valence-electron chi connectivity index (χ4n) is 2.61. The summed E-state index contributed by atoms with van der Waals surface area (Å²) in [6.07, 6.45) is -0.120. The Labute approximate surface area is 170 Å². The molecule has 1 N–H and O–H groups in total. The van der Waals surface area contributed by atoms with Gasteiger partial charge in [0.2, 0.25) is 6.29 Å². The summed E-state index contributed by atoms with van der Waals surface area (Å²) in [5, 5.41) is 0.944. The van der Waals surface area contributed by atoms with Gasteiger partial charge in [0.15, 0.2) is 0 Å². The highest BCUT2D eigenvalue weighted by molar-refractivity contribution is 7.31. The first kappa shape index (κ1) is 20.0. The highest BCUT2D eigenvalue weighted by atomic mass is 35.5. The van der Waals surface area contributed by atoms with Crippen molar-refractivity contribution in [1.29, 1.82) is 0 Å². The molecular weight excluding hydrogens is 402 g/mol. The zero-order chi connectivity index (χ0) is 19.1. The fraction of sp³-hybridized carbons (Fsp3) is 0.143. The molecule has 2 unspecified atom stereocenters. The van der Waals surface area contributed by atoms with Crippen LogP contribution in [0.25, 0.3) is 0 Å². The van der Waals surface area contributed by atoms with Gasteiger partial charge in [0.05, 0.1) is 10.0 Å². The van der Waals surface area contributed by atoms with Crippen LogP contribution < -0.4 is 9.47 Å². The van der Waals surface area contributed by atoms with E-state index >= 15 is 0 Å². The summed E-state index contributed by atoms with van der Waals surface area (Å²) >= 11 is 12.1. The largest absolute Gasteiger partial charge is 0.455 e. The van der Waals surface area contributed by atoms with Crippen LogP contribution in [-0.4, -0.2) is 11.2 Å². The van der Waals surface area contributed by atoms with Crippen LogP contribution in [0.15, 0.2) is 78.9 Å². The zero-order valence-electron chi connectivity index (χ0n) is 14.4. The quantitative estimate of drug-likeness (QED) is 0.334. The summed E-state index contributed by atoms with van der Waals surface area (Å²) < 4.78 is 12.1. The lowest BCUT2D eigenvalue weighted by Gasteiger charge is -2.24. The highest BCUT2D eigenvalue weighted by Crippen LogP contribution is 2.39. The van der Waals surface area contributed by atoms with Crippen LogP contribution in [0.2, 0.25) is 10.0 Å². The predicted molar refractivity (Wildman–Crippen MR) is 112 cm³/mol. The number of benzene rings is 3. The standard InChI is InChI=1S/C21H19Cl2O3P/c22-18-12-11-15(13-19(18)23)20(27-24)14-21(25-16-7-3-1-4-8-16)26-17-9-5-2-6-10-17/h1-13,20-21,24,27H,14H2. The van der Waals surface area contributed by atoms with Crippen LogP contribution in [0, 0.1) is 0 Å². The van der Waals surface area contributed by atoms with Gasteiger partial charge in [0, 0.05) is 20.9 Å². The van der Waals surface area contributed by atoms with Gasteiger partial charge in [0.1, 0.15) is 11.5 Å². The van der Waals surface area contributed by atoms with Crippen LogP contribution in [0.4, 0.5) is 0 Å². The average molecular weight is 421 g/mol. The van der Waals surface area contributed by atoms with Crippen molar-refractivity contribution in [2.24, 2.45) is 0 Å². The van der Waals surface area contributed by atoms with E-state index in [4.69, 9.17) is 32.7 Å². The predicted octanol–water partition coefficient (Wildman–Crippen LogP) is 6.49. The number of rotatable bonds is 8. The second kappa shape index (κ2) is 9.96. The van der Waals surface area contributed by atoms with E-state index in [2.05, 4.69) is 0 Å². The topological polar surface area (TPSA) is 38.7 Å². The Balaban J connectivity index is 1.80. The second-order valence-corrected chi connectivity index (χ2v) is 7.65. The Morgan fingerprint density at radius 3 is 1.81 bits per heavy atom. The van der Waals surface area contributed by atoms with Gasteiger partial charge in [-0.2, -0.15) is 0 Å². The molecule has 27 heavy (non-hydrogen) atoms. The molecule has 140 valence electrons. The maximum atomic E-state index is 9.96. The van der Waals surface area contributed by atoms with Crippen molar-refractivity contribution in [2.45, 2.75) is 18.4 Å². The van der Waals surface area contributed by atoms with Crippen LogP contribution in [-0.2, 0) is 0 Å². The Hall–Kier alpha value is -1.77. The molecule has 0 aliphatic rings. The summed E-state index contributed by atoms with van der Waals surface area (Å²) in [6.45, 7) is 0. The van der Waals surface area contributed by atoms with Crippen LogP contribution in [0.3, 0.4) is 0 Å². The second-order valence-electron chi connectivity index (χ2n) is 5.88.